The highest BCUT2D eigenvalue weighted by Gasteiger charge is 2.35. The van der Waals surface area contributed by atoms with Crippen LogP contribution in [0.25, 0.3) is 6.08 Å². The number of amides is 2. The first-order chi connectivity index (χ1) is 14.6. The second-order valence-corrected chi connectivity index (χ2v) is 8.30. The minimum absolute atomic E-state index is 0.0336. The van der Waals surface area contributed by atoms with Crippen molar-refractivity contribution in [3.63, 3.8) is 0 Å². The first kappa shape index (κ1) is 22.9. The molecule has 7 nitrogen and oxygen atoms in total. The van der Waals surface area contributed by atoms with Gasteiger partial charge in [0.1, 0.15) is 12.2 Å². The summed E-state index contributed by atoms with van der Waals surface area (Å²) < 4.78 is 6.30. The highest BCUT2D eigenvalue weighted by Crippen LogP contribution is 2.36. The van der Waals surface area contributed by atoms with Crippen LogP contribution in [-0.2, 0) is 16.2 Å². The predicted molar refractivity (Wildman–Crippen MR) is 123 cm³/mol. The number of rotatable bonds is 5. The maximum atomic E-state index is 12.5. The molecule has 1 aliphatic rings. The van der Waals surface area contributed by atoms with Gasteiger partial charge in [-0.1, -0.05) is 23.7 Å². The van der Waals surface area contributed by atoms with Crippen LogP contribution in [0.5, 0.6) is 5.75 Å². The fourth-order valence-electron chi connectivity index (χ4n) is 2.84. The average Bonchev–Trinajstić information content (AvgIpc) is 2.73. The Kier molecular flexibility index (Phi) is 6.78. The molecular weight excluding hydrogens is 508 g/mol. The van der Waals surface area contributed by atoms with Crippen molar-refractivity contribution in [2.24, 2.45) is 0 Å². The van der Waals surface area contributed by atoms with E-state index in [2.05, 4.69) is 15.9 Å². The van der Waals surface area contributed by atoms with Gasteiger partial charge in [-0.15, -0.1) is 0 Å². The number of thiocarbonyl (C=S) groups is 1. The van der Waals surface area contributed by atoms with Gasteiger partial charge in [-0.25, -0.2) is 4.79 Å². The van der Waals surface area contributed by atoms with Crippen LogP contribution in [0.2, 0.25) is 5.02 Å². The van der Waals surface area contributed by atoms with Gasteiger partial charge in [0, 0.05) is 14.1 Å². The van der Waals surface area contributed by atoms with Gasteiger partial charge in [0.15, 0.2) is 10.9 Å². The van der Waals surface area contributed by atoms with Crippen molar-refractivity contribution in [3.05, 3.63) is 68.2 Å². The Bertz CT molecular complexity index is 1080. The first-order valence-corrected chi connectivity index (χ1v) is 10.4. The van der Waals surface area contributed by atoms with Gasteiger partial charge < -0.3 is 9.84 Å². The van der Waals surface area contributed by atoms with Crippen LogP contribution in [0.1, 0.15) is 21.5 Å². The van der Waals surface area contributed by atoms with Crippen LogP contribution in [-0.4, -0.2) is 51.9 Å². The monoisotopic (exact) mass is 522 g/mol. The minimum Gasteiger partial charge on any atom is -0.486 e. The summed E-state index contributed by atoms with van der Waals surface area (Å²) in [5, 5.41) is 9.37. The van der Waals surface area contributed by atoms with Gasteiger partial charge in [-0.2, -0.15) is 0 Å². The molecule has 0 saturated carbocycles. The van der Waals surface area contributed by atoms with Crippen molar-refractivity contribution in [2.75, 3.05) is 14.1 Å². The molecular formula is C21H16BrClN2O5S. The molecule has 2 aromatic rings. The fraction of sp³-hybridized carbons (Fsp3) is 0.143. The number of carbonyl (C=O) groups excluding carboxylic acids is 2. The van der Waals surface area contributed by atoms with E-state index >= 15 is 0 Å². The maximum Gasteiger partial charge on any atom is 0.335 e. The van der Waals surface area contributed by atoms with E-state index in [1.54, 1.807) is 24.3 Å². The quantitative estimate of drug-likeness (QED) is 0.362. The largest absolute Gasteiger partial charge is 0.486 e. The Morgan fingerprint density at radius 2 is 1.74 bits per heavy atom. The molecule has 160 valence electrons. The summed E-state index contributed by atoms with van der Waals surface area (Å²) in [7, 11) is 3.01. The Morgan fingerprint density at radius 3 is 2.26 bits per heavy atom. The molecule has 1 fully saturated rings. The van der Waals surface area contributed by atoms with Gasteiger partial charge in [-0.05, 0) is 69.6 Å². The summed E-state index contributed by atoms with van der Waals surface area (Å²) in [6.45, 7) is 0.169. The SMILES string of the molecule is CN1C(=O)C(=Cc2cc(Cl)c(OCc3ccc(C(=O)O)cc3)c(Br)c2)C(=O)N(C)C1=S. The number of benzene rings is 2. The van der Waals surface area contributed by atoms with Gasteiger partial charge in [0.25, 0.3) is 11.8 Å². The zero-order chi connectivity index (χ0) is 22.9. The zero-order valence-corrected chi connectivity index (χ0v) is 19.5. The number of carboxylic acid groups (broad SMARTS) is 1. The summed E-state index contributed by atoms with van der Waals surface area (Å²) in [5.41, 5.74) is 1.44. The van der Waals surface area contributed by atoms with Crippen LogP contribution >= 0.6 is 39.7 Å². The molecule has 1 heterocycles. The molecule has 1 aliphatic heterocycles. The number of nitrogens with zero attached hydrogens (tertiary/aromatic N) is 2. The van der Waals surface area contributed by atoms with Crippen molar-refractivity contribution in [3.8, 4) is 5.75 Å². The minimum atomic E-state index is -1.00. The summed E-state index contributed by atoms with van der Waals surface area (Å²) in [4.78, 5) is 38.3. The molecule has 2 amide bonds. The van der Waals surface area contributed by atoms with E-state index < -0.39 is 17.8 Å². The topological polar surface area (TPSA) is 87.1 Å². The highest BCUT2D eigenvalue weighted by atomic mass is 79.9. The summed E-state index contributed by atoms with van der Waals surface area (Å²) in [6.07, 6.45) is 1.45. The number of likely N-dealkylation sites (N-methyl/N-ethyl adjacent to an activating group) is 2. The molecule has 2 aromatic carbocycles. The van der Waals surface area contributed by atoms with Crippen molar-refractivity contribution >= 4 is 68.7 Å². The molecule has 0 aromatic heterocycles. The summed E-state index contributed by atoms with van der Waals surface area (Å²) in [6, 6.07) is 9.55. The molecule has 0 unspecified atom stereocenters. The Hall–Kier alpha value is -2.75. The van der Waals surface area contributed by atoms with E-state index in [1.807, 2.05) is 0 Å². The van der Waals surface area contributed by atoms with E-state index in [0.717, 1.165) is 5.56 Å². The van der Waals surface area contributed by atoms with E-state index in [4.69, 9.17) is 33.7 Å². The van der Waals surface area contributed by atoms with Gasteiger partial charge in [0.05, 0.1) is 15.1 Å². The lowest BCUT2D eigenvalue weighted by atomic mass is 10.1. The van der Waals surface area contributed by atoms with Crippen molar-refractivity contribution in [2.45, 2.75) is 6.61 Å². The van der Waals surface area contributed by atoms with Gasteiger partial charge in [-0.3, -0.25) is 19.4 Å². The predicted octanol–water partition coefficient (Wildman–Crippen LogP) is 3.98. The molecule has 1 saturated heterocycles. The summed E-state index contributed by atoms with van der Waals surface area (Å²) in [5.74, 6) is -1.61. The van der Waals surface area contributed by atoms with Gasteiger partial charge in [0.2, 0.25) is 0 Å². The third-order valence-electron chi connectivity index (χ3n) is 4.56. The first-order valence-electron chi connectivity index (χ1n) is 8.86. The molecule has 1 N–H and O–H groups in total. The van der Waals surface area contributed by atoms with E-state index in [-0.39, 0.29) is 27.9 Å². The molecule has 31 heavy (non-hydrogen) atoms. The third-order valence-corrected chi connectivity index (χ3v) is 5.98. The normalized spacial score (nSPS) is 14.2. The Morgan fingerprint density at radius 1 is 1.16 bits per heavy atom. The summed E-state index contributed by atoms with van der Waals surface area (Å²) >= 11 is 14.8. The van der Waals surface area contributed by atoms with Gasteiger partial charge >= 0.3 is 5.97 Å². The van der Waals surface area contributed by atoms with E-state index in [1.165, 1.54) is 42.1 Å². The molecule has 3 rings (SSSR count). The number of halogens is 2. The molecule has 0 spiro atoms. The molecule has 0 bridgehead atoms. The van der Waals surface area contributed by atoms with Crippen molar-refractivity contribution in [1.82, 2.24) is 9.80 Å². The number of aromatic carboxylic acids is 1. The van der Waals surface area contributed by atoms with Crippen LogP contribution in [0.15, 0.2) is 46.4 Å². The fourth-order valence-corrected chi connectivity index (χ4v) is 4.00. The second-order valence-electron chi connectivity index (χ2n) is 6.67. The lowest BCUT2D eigenvalue weighted by molar-refractivity contribution is -0.132. The maximum absolute atomic E-state index is 12.5. The Balaban J connectivity index is 1.82. The number of ether oxygens (including phenoxy) is 1. The van der Waals surface area contributed by atoms with E-state index in [0.29, 0.717) is 15.8 Å². The van der Waals surface area contributed by atoms with Crippen LogP contribution in [0.4, 0.5) is 0 Å². The zero-order valence-electron chi connectivity index (χ0n) is 16.4. The van der Waals surface area contributed by atoms with E-state index in [9.17, 15) is 14.4 Å². The van der Waals surface area contributed by atoms with Crippen LogP contribution in [0.3, 0.4) is 0 Å². The second kappa shape index (κ2) is 9.17. The number of hydrogen-bond acceptors (Lipinski definition) is 5. The van der Waals surface area contributed by atoms with Crippen LogP contribution < -0.4 is 4.74 Å². The Labute approximate surface area is 197 Å². The average molecular weight is 524 g/mol. The molecule has 0 aliphatic carbocycles. The third kappa shape index (κ3) is 4.79. The lowest BCUT2D eigenvalue weighted by Gasteiger charge is -2.31. The lowest BCUT2D eigenvalue weighted by Crippen LogP contribution is -2.52. The number of carboxylic acids is 1. The number of carbonyl (C=O) groups is 3. The molecule has 0 radical (unpaired) electrons. The number of hydrogen-bond donors (Lipinski definition) is 1. The van der Waals surface area contributed by atoms with Crippen molar-refractivity contribution < 1.29 is 24.2 Å². The standard InChI is InChI=1S/C21H16BrClN2O5S/c1-24-18(26)14(19(27)25(2)21(24)31)7-12-8-15(22)17(16(23)9-12)30-10-11-3-5-13(6-4-11)20(28)29/h3-9H,10H2,1-2H3,(H,28,29). The molecule has 10 heteroatoms. The molecule has 0 atom stereocenters. The van der Waals surface area contributed by atoms with Crippen LogP contribution in [0, 0.1) is 0 Å². The van der Waals surface area contributed by atoms with Crippen molar-refractivity contribution in [1.29, 1.82) is 0 Å². The highest BCUT2D eigenvalue weighted by molar-refractivity contribution is 9.10. The smallest absolute Gasteiger partial charge is 0.335 e.